The Morgan fingerprint density at radius 1 is 1.11 bits per heavy atom. The van der Waals surface area contributed by atoms with Gasteiger partial charge in [-0.1, -0.05) is 59.6 Å². The zero-order valence-electron chi connectivity index (χ0n) is 15.4. The van der Waals surface area contributed by atoms with Crippen LogP contribution in [0, 0.1) is 0 Å². The number of nitrogens with one attached hydrogen (secondary N) is 1. The fourth-order valence-corrected chi connectivity index (χ4v) is 3.82. The van der Waals surface area contributed by atoms with Crippen LogP contribution in [-0.4, -0.2) is 34.2 Å². The van der Waals surface area contributed by atoms with Gasteiger partial charge in [0.25, 0.3) is 0 Å². The molecule has 0 bridgehead atoms. The number of hydrogen-bond donors (Lipinski definition) is 1. The SMILES string of the molecule is Clc1ccc(Cn2nc(CNC[C@H]3CCCO3)c(-c3ccccc3)n2)c(Cl)c1. The monoisotopic (exact) mass is 416 g/mol. The molecule has 1 saturated heterocycles. The van der Waals surface area contributed by atoms with Gasteiger partial charge < -0.3 is 10.1 Å². The van der Waals surface area contributed by atoms with Gasteiger partial charge in [0.05, 0.1) is 12.6 Å². The van der Waals surface area contributed by atoms with E-state index in [0.717, 1.165) is 48.5 Å². The zero-order chi connectivity index (χ0) is 19.3. The van der Waals surface area contributed by atoms with Crippen LogP contribution in [0.1, 0.15) is 24.1 Å². The fourth-order valence-electron chi connectivity index (χ4n) is 3.35. The predicted octanol–water partition coefficient (Wildman–Crippen LogP) is 4.57. The van der Waals surface area contributed by atoms with Gasteiger partial charge >= 0.3 is 0 Å². The first-order chi connectivity index (χ1) is 13.7. The Labute approximate surface area is 174 Å². The van der Waals surface area contributed by atoms with Crippen molar-refractivity contribution in [3.05, 3.63) is 69.8 Å². The van der Waals surface area contributed by atoms with Gasteiger partial charge in [0.15, 0.2) is 0 Å². The van der Waals surface area contributed by atoms with Crippen LogP contribution in [0.25, 0.3) is 11.3 Å². The van der Waals surface area contributed by atoms with E-state index in [1.54, 1.807) is 10.9 Å². The molecule has 0 aliphatic carbocycles. The first-order valence-electron chi connectivity index (χ1n) is 9.45. The van der Waals surface area contributed by atoms with Gasteiger partial charge in [0.2, 0.25) is 0 Å². The Morgan fingerprint density at radius 2 is 1.96 bits per heavy atom. The van der Waals surface area contributed by atoms with Crippen LogP contribution in [0.5, 0.6) is 0 Å². The maximum Gasteiger partial charge on any atom is 0.117 e. The number of nitrogens with zero attached hydrogens (tertiary/aromatic N) is 3. The lowest BCUT2D eigenvalue weighted by Crippen LogP contribution is -2.26. The molecule has 7 heteroatoms. The van der Waals surface area contributed by atoms with E-state index < -0.39 is 0 Å². The van der Waals surface area contributed by atoms with Crippen molar-refractivity contribution < 1.29 is 4.74 Å². The van der Waals surface area contributed by atoms with E-state index in [9.17, 15) is 0 Å². The van der Waals surface area contributed by atoms with Gasteiger partial charge in [-0.3, -0.25) is 0 Å². The maximum absolute atomic E-state index is 6.32. The third-order valence-corrected chi connectivity index (χ3v) is 5.37. The Kier molecular flexibility index (Phi) is 6.27. The van der Waals surface area contributed by atoms with Crippen molar-refractivity contribution in [1.82, 2.24) is 20.3 Å². The highest BCUT2D eigenvalue weighted by Crippen LogP contribution is 2.24. The molecule has 146 valence electrons. The van der Waals surface area contributed by atoms with Crippen LogP contribution in [0.4, 0.5) is 0 Å². The summed E-state index contributed by atoms with van der Waals surface area (Å²) >= 11 is 12.3. The first-order valence-corrected chi connectivity index (χ1v) is 10.2. The Bertz CT molecular complexity index is 923. The molecule has 0 unspecified atom stereocenters. The van der Waals surface area contributed by atoms with Crippen LogP contribution < -0.4 is 5.32 Å². The molecule has 5 nitrogen and oxygen atoms in total. The minimum absolute atomic E-state index is 0.295. The Balaban J connectivity index is 1.54. The molecule has 0 spiro atoms. The van der Waals surface area contributed by atoms with Crippen molar-refractivity contribution in [1.29, 1.82) is 0 Å². The van der Waals surface area contributed by atoms with Crippen molar-refractivity contribution in [3.63, 3.8) is 0 Å². The van der Waals surface area contributed by atoms with Crippen molar-refractivity contribution >= 4 is 23.2 Å². The smallest absolute Gasteiger partial charge is 0.117 e. The molecule has 2 heterocycles. The lowest BCUT2D eigenvalue weighted by molar-refractivity contribution is 0.110. The third kappa shape index (κ3) is 4.73. The fraction of sp³-hybridized carbons (Fsp3) is 0.333. The second kappa shape index (κ2) is 9.05. The standard InChI is InChI=1S/C21H22Cl2N4O/c22-17-9-8-16(19(23)11-17)14-27-25-20(13-24-12-18-7-4-10-28-18)21(26-27)15-5-2-1-3-6-15/h1-3,5-6,8-9,11,18,24H,4,7,10,12-14H2/t18-/m1/s1. The number of ether oxygens (including phenoxy) is 1. The maximum atomic E-state index is 6.32. The minimum atomic E-state index is 0.295. The summed E-state index contributed by atoms with van der Waals surface area (Å²) in [6.45, 7) is 2.81. The summed E-state index contributed by atoms with van der Waals surface area (Å²) in [5.74, 6) is 0. The summed E-state index contributed by atoms with van der Waals surface area (Å²) < 4.78 is 5.68. The molecule has 2 aromatic carbocycles. The highest BCUT2D eigenvalue weighted by molar-refractivity contribution is 6.35. The van der Waals surface area contributed by atoms with Gasteiger partial charge in [-0.25, -0.2) is 0 Å². The molecule has 0 amide bonds. The second-order valence-corrected chi connectivity index (χ2v) is 7.74. The molecule has 0 radical (unpaired) electrons. The Hall–Kier alpha value is -1.92. The number of benzene rings is 2. The second-order valence-electron chi connectivity index (χ2n) is 6.89. The molecule has 1 aliphatic heterocycles. The summed E-state index contributed by atoms with van der Waals surface area (Å²) in [6.07, 6.45) is 2.54. The molecule has 1 fully saturated rings. The lowest BCUT2D eigenvalue weighted by atomic mass is 10.1. The summed E-state index contributed by atoms with van der Waals surface area (Å²) in [4.78, 5) is 1.69. The van der Waals surface area contributed by atoms with Gasteiger partial charge in [-0.15, -0.1) is 0 Å². The van der Waals surface area contributed by atoms with E-state index in [2.05, 4.69) is 5.32 Å². The summed E-state index contributed by atoms with van der Waals surface area (Å²) in [7, 11) is 0. The quantitative estimate of drug-likeness (QED) is 0.612. The molecule has 28 heavy (non-hydrogen) atoms. The molecule has 1 N–H and O–H groups in total. The largest absolute Gasteiger partial charge is 0.377 e. The van der Waals surface area contributed by atoms with E-state index >= 15 is 0 Å². The average molecular weight is 417 g/mol. The highest BCUT2D eigenvalue weighted by Gasteiger charge is 2.17. The van der Waals surface area contributed by atoms with Crippen molar-refractivity contribution in [2.45, 2.75) is 32.0 Å². The van der Waals surface area contributed by atoms with E-state index in [-0.39, 0.29) is 0 Å². The van der Waals surface area contributed by atoms with Crippen LogP contribution in [0.2, 0.25) is 10.0 Å². The average Bonchev–Trinajstić information content (AvgIpc) is 3.35. The van der Waals surface area contributed by atoms with Crippen molar-refractivity contribution in [2.75, 3.05) is 13.2 Å². The zero-order valence-corrected chi connectivity index (χ0v) is 17.0. The van der Waals surface area contributed by atoms with E-state index in [0.29, 0.717) is 29.2 Å². The number of rotatable bonds is 7. The predicted molar refractivity (Wildman–Crippen MR) is 112 cm³/mol. The van der Waals surface area contributed by atoms with Gasteiger partial charge in [0.1, 0.15) is 11.4 Å². The van der Waals surface area contributed by atoms with Crippen LogP contribution in [0.15, 0.2) is 48.5 Å². The van der Waals surface area contributed by atoms with Crippen LogP contribution in [0.3, 0.4) is 0 Å². The summed E-state index contributed by atoms with van der Waals surface area (Å²) in [5.41, 5.74) is 3.77. The number of halogens is 2. The van der Waals surface area contributed by atoms with Crippen LogP contribution >= 0.6 is 23.2 Å². The number of aromatic nitrogens is 3. The van der Waals surface area contributed by atoms with Gasteiger partial charge in [0, 0.05) is 35.3 Å². The van der Waals surface area contributed by atoms with E-state index in [4.69, 9.17) is 38.1 Å². The normalized spacial score (nSPS) is 16.6. The van der Waals surface area contributed by atoms with E-state index in [1.165, 1.54) is 0 Å². The molecule has 1 aromatic heterocycles. The first kappa shape index (κ1) is 19.4. The molecule has 3 aromatic rings. The summed E-state index contributed by atoms with van der Waals surface area (Å²) in [5, 5.41) is 14.1. The van der Waals surface area contributed by atoms with Gasteiger partial charge in [-0.05, 0) is 30.5 Å². The molecule has 0 saturated carbocycles. The van der Waals surface area contributed by atoms with E-state index in [1.807, 2.05) is 42.5 Å². The molecular formula is C21H22Cl2N4O. The number of hydrogen-bond acceptors (Lipinski definition) is 4. The lowest BCUT2D eigenvalue weighted by Gasteiger charge is -2.10. The third-order valence-electron chi connectivity index (χ3n) is 4.79. The van der Waals surface area contributed by atoms with Crippen LogP contribution in [-0.2, 0) is 17.8 Å². The topological polar surface area (TPSA) is 52.0 Å². The molecule has 1 aliphatic rings. The molecular weight excluding hydrogens is 395 g/mol. The van der Waals surface area contributed by atoms with Gasteiger partial charge in [-0.2, -0.15) is 15.0 Å². The molecule has 4 rings (SSSR count). The van der Waals surface area contributed by atoms with Crippen molar-refractivity contribution in [2.24, 2.45) is 0 Å². The van der Waals surface area contributed by atoms with Crippen molar-refractivity contribution in [3.8, 4) is 11.3 Å². The molecule has 1 atom stereocenters. The Morgan fingerprint density at radius 3 is 2.71 bits per heavy atom. The highest BCUT2D eigenvalue weighted by atomic mass is 35.5. The summed E-state index contributed by atoms with van der Waals surface area (Å²) in [6, 6.07) is 15.6. The minimum Gasteiger partial charge on any atom is -0.377 e.